The Kier molecular flexibility index (Phi) is 7.74. The van der Waals surface area contributed by atoms with Crippen LogP contribution in [0.5, 0.6) is 0 Å². The molecule has 10 nitrogen and oxygen atoms in total. The Morgan fingerprint density at radius 3 is 2.60 bits per heavy atom. The number of benzene rings is 1. The van der Waals surface area contributed by atoms with E-state index in [1.807, 2.05) is 30.3 Å². The molecule has 12 heteroatoms. The van der Waals surface area contributed by atoms with Crippen molar-refractivity contribution in [1.29, 1.82) is 0 Å². The summed E-state index contributed by atoms with van der Waals surface area (Å²) in [7, 11) is -2.50. The van der Waals surface area contributed by atoms with Gasteiger partial charge in [0.1, 0.15) is 5.82 Å². The largest absolute Gasteiger partial charge is 0.373 e. The first-order valence-corrected chi connectivity index (χ1v) is 15.8. The molecule has 4 aromatic rings. The highest BCUT2D eigenvalue weighted by Gasteiger charge is 2.34. The molecule has 0 saturated carbocycles. The maximum Gasteiger partial charge on any atom is 0.251 e. The van der Waals surface area contributed by atoms with Crippen molar-refractivity contribution in [1.82, 2.24) is 20.3 Å². The number of nitrogens with zero attached hydrogens (tertiary/aromatic N) is 5. The number of amides is 1. The van der Waals surface area contributed by atoms with Crippen molar-refractivity contribution in [3.63, 3.8) is 0 Å². The second kappa shape index (κ2) is 11.5. The number of halogens is 1. The highest BCUT2D eigenvalue weighted by molar-refractivity contribution is 7.92. The highest BCUT2D eigenvalue weighted by Crippen LogP contribution is 2.33. The van der Waals surface area contributed by atoms with Gasteiger partial charge in [0.15, 0.2) is 0 Å². The van der Waals surface area contributed by atoms with E-state index < -0.39 is 21.2 Å². The molecule has 3 atom stereocenters. The van der Waals surface area contributed by atoms with Gasteiger partial charge in [-0.2, -0.15) is 0 Å². The van der Waals surface area contributed by atoms with Gasteiger partial charge in [-0.1, -0.05) is 6.07 Å². The third kappa shape index (κ3) is 5.89. The molecule has 1 saturated heterocycles. The van der Waals surface area contributed by atoms with Gasteiger partial charge in [0.25, 0.3) is 5.91 Å². The number of rotatable bonds is 5. The Morgan fingerprint density at radius 1 is 1.05 bits per heavy atom. The molecule has 1 fully saturated rings. The van der Waals surface area contributed by atoms with Crippen LogP contribution in [0.15, 0.2) is 65.7 Å². The lowest BCUT2D eigenvalue weighted by atomic mass is 10.1. The minimum Gasteiger partial charge on any atom is -0.373 e. The van der Waals surface area contributed by atoms with Crippen LogP contribution >= 0.6 is 0 Å². The summed E-state index contributed by atoms with van der Waals surface area (Å²) in [5, 5.41) is 3.63. The molecule has 0 spiro atoms. The lowest BCUT2D eigenvalue weighted by Crippen LogP contribution is -2.45. The predicted octanol–water partition coefficient (Wildman–Crippen LogP) is 4.14. The van der Waals surface area contributed by atoms with Crippen LogP contribution in [0, 0.1) is 0 Å². The van der Waals surface area contributed by atoms with Gasteiger partial charge in [0, 0.05) is 50.2 Å². The zero-order valence-electron chi connectivity index (χ0n) is 24.2. The van der Waals surface area contributed by atoms with Crippen molar-refractivity contribution < 1.29 is 22.3 Å². The van der Waals surface area contributed by atoms with Crippen LogP contribution in [0.2, 0.25) is 0 Å². The summed E-state index contributed by atoms with van der Waals surface area (Å²) < 4.78 is 45.8. The number of pyridine rings is 3. The minimum atomic E-state index is -4.20. The van der Waals surface area contributed by atoms with Gasteiger partial charge in [-0.3, -0.25) is 9.78 Å². The molecule has 5 heterocycles. The molecule has 224 valence electrons. The number of morpholine rings is 1. The van der Waals surface area contributed by atoms with Gasteiger partial charge in [0.05, 0.1) is 51.9 Å². The molecular weight excluding hydrogens is 571 g/mol. The van der Waals surface area contributed by atoms with E-state index in [2.05, 4.69) is 29.0 Å². The standard InChI is InChI=1S/C31H33FN6O4S/c1-19-17-38(18-20(2)42-19)30-6-4-5-24(36-30)25-9-7-22-15-33-23(14-26(22)35-25)16-34-31(39)21-8-10-27-28(13-21)43(40,41)29(32)11-12-37(27)3/h4-10,13-15,19-20,29H,11-12,16-18H2,1-3H3,(H,34,39)/t19-,20+,29-/m0/s1. The van der Waals surface area contributed by atoms with E-state index in [9.17, 15) is 17.6 Å². The van der Waals surface area contributed by atoms with Crippen LogP contribution in [0.25, 0.3) is 22.3 Å². The van der Waals surface area contributed by atoms with Crippen molar-refractivity contribution in [3.8, 4) is 11.4 Å². The van der Waals surface area contributed by atoms with E-state index in [0.717, 1.165) is 30.0 Å². The van der Waals surface area contributed by atoms with Crippen molar-refractivity contribution in [3.05, 3.63) is 72.1 Å². The molecule has 1 N–H and O–H groups in total. The number of hydrogen-bond acceptors (Lipinski definition) is 9. The number of hydrogen-bond donors (Lipinski definition) is 1. The molecule has 0 bridgehead atoms. The van der Waals surface area contributed by atoms with Gasteiger partial charge in [-0.15, -0.1) is 0 Å². The first-order valence-electron chi connectivity index (χ1n) is 14.2. The third-order valence-corrected chi connectivity index (χ3v) is 9.62. The second-order valence-electron chi connectivity index (χ2n) is 11.1. The molecule has 0 radical (unpaired) electrons. The number of anilines is 2. The molecule has 2 aliphatic heterocycles. The zero-order chi connectivity index (χ0) is 30.3. The summed E-state index contributed by atoms with van der Waals surface area (Å²) in [5.41, 5.74) is 1.23. The number of ether oxygens (including phenoxy) is 1. The van der Waals surface area contributed by atoms with Gasteiger partial charge in [-0.25, -0.2) is 22.8 Å². The topological polar surface area (TPSA) is 118 Å². The monoisotopic (exact) mass is 604 g/mol. The first kappa shape index (κ1) is 28.9. The molecule has 0 unspecified atom stereocenters. The van der Waals surface area contributed by atoms with E-state index >= 15 is 0 Å². The smallest absolute Gasteiger partial charge is 0.251 e. The number of carbonyl (C=O) groups excluding carboxylic acids is 1. The molecule has 1 amide bonds. The van der Waals surface area contributed by atoms with Crippen LogP contribution in [0.4, 0.5) is 15.9 Å². The predicted molar refractivity (Wildman–Crippen MR) is 163 cm³/mol. The maximum atomic E-state index is 14.4. The molecule has 6 rings (SSSR count). The van der Waals surface area contributed by atoms with E-state index in [4.69, 9.17) is 14.7 Å². The molecule has 0 aliphatic carbocycles. The number of fused-ring (bicyclic) bond motifs is 2. The number of carbonyl (C=O) groups is 1. The molecule has 2 aliphatic rings. The average Bonchev–Trinajstić information content (AvgIpc) is 3.08. The minimum absolute atomic E-state index is 0.0945. The summed E-state index contributed by atoms with van der Waals surface area (Å²) in [5.74, 6) is 0.385. The molecule has 3 aromatic heterocycles. The molecular formula is C31H33FN6O4S. The fourth-order valence-electron chi connectivity index (χ4n) is 5.58. The normalized spacial score (nSPS) is 21.7. The summed E-state index contributed by atoms with van der Waals surface area (Å²) >= 11 is 0. The van der Waals surface area contributed by atoms with Crippen LogP contribution in [-0.4, -0.2) is 73.7 Å². The fourth-order valence-corrected chi connectivity index (χ4v) is 7.08. The fraction of sp³-hybridized carbons (Fsp3) is 0.355. The van der Waals surface area contributed by atoms with Crippen LogP contribution in [0.3, 0.4) is 0 Å². The average molecular weight is 605 g/mol. The van der Waals surface area contributed by atoms with Gasteiger partial charge >= 0.3 is 0 Å². The Hall–Kier alpha value is -4.16. The van der Waals surface area contributed by atoms with Crippen molar-refractivity contribution in [2.75, 3.05) is 36.5 Å². The lowest BCUT2D eigenvalue weighted by molar-refractivity contribution is -0.00545. The quantitative estimate of drug-likeness (QED) is 0.359. The first-order chi connectivity index (χ1) is 20.6. The van der Waals surface area contributed by atoms with Gasteiger partial charge in [-0.05, 0) is 62.4 Å². The van der Waals surface area contributed by atoms with E-state index in [-0.39, 0.29) is 42.2 Å². The number of nitrogens with one attached hydrogen (secondary N) is 1. The van der Waals surface area contributed by atoms with Crippen molar-refractivity contribution in [2.45, 2.75) is 49.4 Å². The highest BCUT2D eigenvalue weighted by atomic mass is 32.2. The Balaban J connectivity index is 1.20. The number of sulfone groups is 1. The van der Waals surface area contributed by atoms with Crippen LogP contribution in [-0.2, 0) is 21.1 Å². The van der Waals surface area contributed by atoms with Crippen LogP contribution < -0.4 is 15.1 Å². The maximum absolute atomic E-state index is 14.4. The Labute approximate surface area is 249 Å². The molecule has 1 aromatic carbocycles. The summed E-state index contributed by atoms with van der Waals surface area (Å²) in [6.45, 7) is 6.00. The Bertz CT molecular complexity index is 1790. The SMILES string of the molecule is C[C@@H]1CN(c2cccc(-c3ccc4cnc(CNC(=O)c5ccc6c(c5)S(=O)(=O)[C@H](F)CCN6C)cc4n3)n2)C[C@H](C)O1. The molecule has 43 heavy (non-hydrogen) atoms. The van der Waals surface area contributed by atoms with Crippen molar-refractivity contribution >= 4 is 38.2 Å². The summed E-state index contributed by atoms with van der Waals surface area (Å²) in [6, 6.07) is 15.9. The van der Waals surface area contributed by atoms with Crippen molar-refractivity contribution in [2.24, 2.45) is 0 Å². The second-order valence-corrected chi connectivity index (χ2v) is 13.2. The summed E-state index contributed by atoms with van der Waals surface area (Å²) in [6.07, 6.45) is 1.80. The van der Waals surface area contributed by atoms with Gasteiger partial charge in [0.2, 0.25) is 15.3 Å². The van der Waals surface area contributed by atoms with Crippen LogP contribution in [0.1, 0.15) is 36.3 Å². The zero-order valence-corrected chi connectivity index (χ0v) is 25.0. The number of alkyl halides is 1. The van der Waals surface area contributed by atoms with E-state index in [0.29, 0.717) is 22.6 Å². The Morgan fingerprint density at radius 2 is 1.81 bits per heavy atom. The summed E-state index contributed by atoms with van der Waals surface area (Å²) in [4.78, 5) is 30.9. The third-order valence-electron chi connectivity index (χ3n) is 7.77. The lowest BCUT2D eigenvalue weighted by Gasteiger charge is -2.36. The van der Waals surface area contributed by atoms with E-state index in [1.54, 1.807) is 36.3 Å². The van der Waals surface area contributed by atoms with Gasteiger partial charge < -0.3 is 19.9 Å². The number of aromatic nitrogens is 3. The van der Waals surface area contributed by atoms with E-state index in [1.165, 1.54) is 6.07 Å².